The lowest BCUT2D eigenvalue weighted by Gasteiger charge is -2.19. The van der Waals surface area contributed by atoms with Gasteiger partial charge in [-0.25, -0.2) is 4.79 Å². The van der Waals surface area contributed by atoms with Crippen molar-refractivity contribution in [2.75, 3.05) is 18.5 Å². The number of furan rings is 1. The first-order chi connectivity index (χ1) is 12.1. The van der Waals surface area contributed by atoms with E-state index in [-0.39, 0.29) is 11.9 Å². The van der Waals surface area contributed by atoms with E-state index in [4.69, 9.17) is 9.15 Å². The molecule has 1 fully saturated rings. The number of ether oxygens (including phenoxy) is 1. The second-order valence-corrected chi connectivity index (χ2v) is 7.16. The maximum absolute atomic E-state index is 12.4. The number of carbonyl (C=O) groups excluding carboxylic acids is 2. The van der Waals surface area contributed by atoms with Gasteiger partial charge in [0, 0.05) is 6.04 Å². The molecule has 0 radical (unpaired) electrons. The second kappa shape index (κ2) is 7.84. The smallest absolute Gasteiger partial charge is 0.348 e. The molecule has 2 heterocycles. The SMILES string of the molecule is CCOC(=O)c1sc(NC(=O)CN(Cc2ccco2)C2CC2)cc1C. The molecule has 0 unspecified atom stereocenters. The standard InChI is InChI=1S/C18H22N2O4S/c1-3-23-18(22)17-12(2)9-16(25-17)19-15(21)11-20(13-6-7-13)10-14-5-4-8-24-14/h4-5,8-9,13H,3,6-7,10-11H2,1-2H3,(H,19,21). The van der Waals surface area contributed by atoms with E-state index in [1.807, 2.05) is 25.1 Å². The summed E-state index contributed by atoms with van der Waals surface area (Å²) >= 11 is 1.25. The van der Waals surface area contributed by atoms with Crippen LogP contribution in [0.5, 0.6) is 0 Å². The van der Waals surface area contributed by atoms with Crippen molar-refractivity contribution in [3.05, 3.63) is 40.7 Å². The van der Waals surface area contributed by atoms with Crippen molar-refractivity contribution in [1.82, 2.24) is 4.90 Å². The Morgan fingerprint density at radius 2 is 2.24 bits per heavy atom. The number of hydrogen-bond donors (Lipinski definition) is 1. The minimum absolute atomic E-state index is 0.0879. The van der Waals surface area contributed by atoms with Crippen molar-refractivity contribution in [3.8, 4) is 0 Å². The van der Waals surface area contributed by atoms with Gasteiger partial charge in [-0.15, -0.1) is 11.3 Å². The number of anilines is 1. The number of aryl methyl sites for hydroxylation is 1. The summed E-state index contributed by atoms with van der Waals surface area (Å²) in [4.78, 5) is 26.9. The van der Waals surface area contributed by atoms with Crippen LogP contribution in [0.2, 0.25) is 0 Å². The van der Waals surface area contributed by atoms with E-state index in [2.05, 4.69) is 10.2 Å². The van der Waals surface area contributed by atoms with Crippen LogP contribution in [0, 0.1) is 6.92 Å². The van der Waals surface area contributed by atoms with Gasteiger partial charge in [0.2, 0.25) is 5.91 Å². The molecule has 0 aromatic carbocycles. The van der Waals surface area contributed by atoms with Crippen molar-refractivity contribution in [1.29, 1.82) is 0 Å². The summed E-state index contributed by atoms with van der Waals surface area (Å²) in [6.45, 7) is 4.88. The van der Waals surface area contributed by atoms with E-state index in [1.54, 1.807) is 13.2 Å². The molecule has 7 heteroatoms. The van der Waals surface area contributed by atoms with Crippen molar-refractivity contribution < 1.29 is 18.7 Å². The maximum atomic E-state index is 12.4. The van der Waals surface area contributed by atoms with E-state index in [1.165, 1.54) is 11.3 Å². The Labute approximate surface area is 150 Å². The molecule has 0 bridgehead atoms. The van der Waals surface area contributed by atoms with Crippen LogP contribution in [0.25, 0.3) is 0 Å². The number of hydrogen-bond acceptors (Lipinski definition) is 6. The highest BCUT2D eigenvalue weighted by Gasteiger charge is 2.31. The van der Waals surface area contributed by atoms with E-state index >= 15 is 0 Å². The topological polar surface area (TPSA) is 71.8 Å². The van der Waals surface area contributed by atoms with E-state index in [0.717, 1.165) is 24.2 Å². The zero-order valence-electron chi connectivity index (χ0n) is 14.4. The third kappa shape index (κ3) is 4.70. The third-order valence-electron chi connectivity index (χ3n) is 3.99. The molecular formula is C18H22N2O4S. The predicted molar refractivity (Wildman–Crippen MR) is 95.8 cm³/mol. The van der Waals surface area contributed by atoms with Gasteiger partial charge in [-0.2, -0.15) is 0 Å². The third-order valence-corrected chi connectivity index (χ3v) is 5.12. The van der Waals surface area contributed by atoms with Gasteiger partial charge in [0.25, 0.3) is 0 Å². The fourth-order valence-electron chi connectivity index (χ4n) is 2.66. The van der Waals surface area contributed by atoms with Crippen LogP contribution >= 0.6 is 11.3 Å². The van der Waals surface area contributed by atoms with Gasteiger partial charge in [0.05, 0.1) is 31.0 Å². The number of nitrogens with zero attached hydrogens (tertiary/aromatic N) is 1. The molecular weight excluding hydrogens is 340 g/mol. The van der Waals surface area contributed by atoms with E-state index < -0.39 is 0 Å². The molecule has 0 saturated heterocycles. The zero-order chi connectivity index (χ0) is 17.8. The fraction of sp³-hybridized carbons (Fsp3) is 0.444. The Balaban J connectivity index is 1.59. The lowest BCUT2D eigenvalue weighted by Crippen LogP contribution is -2.34. The second-order valence-electron chi connectivity index (χ2n) is 6.11. The van der Waals surface area contributed by atoms with Gasteiger partial charge in [-0.1, -0.05) is 0 Å². The molecule has 1 saturated carbocycles. The Hall–Kier alpha value is -2.12. The summed E-state index contributed by atoms with van der Waals surface area (Å²) in [5.74, 6) is 0.425. The summed E-state index contributed by atoms with van der Waals surface area (Å²) in [6.07, 6.45) is 3.87. The van der Waals surface area contributed by atoms with Crippen LogP contribution in [0.15, 0.2) is 28.9 Å². The molecule has 134 valence electrons. The summed E-state index contributed by atoms with van der Waals surface area (Å²) < 4.78 is 10.4. The Morgan fingerprint density at radius 3 is 2.88 bits per heavy atom. The van der Waals surface area contributed by atoms with Gasteiger partial charge in [0.1, 0.15) is 10.6 Å². The van der Waals surface area contributed by atoms with Gasteiger partial charge in [0.15, 0.2) is 0 Å². The molecule has 0 aliphatic heterocycles. The zero-order valence-corrected chi connectivity index (χ0v) is 15.2. The minimum Gasteiger partial charge on any atom is -0.468 e. The molecule has 0 spiro atoms. The van der Waals surface area contributed by atoms with Crippen LogP contribution in [-0.4, -0.2) is 36.0 Å². The highest BCUT2D eigenvalue weighted by Crippen LogP contribution is 2.29. The summed E-state index contributed by atoms with van der Waals surface area (Å²) in [5.41, 5.74) is 0.813. The Morgan fingerprint density at radius 1 is 1.44 bits per heavy atom. The van der Waals surface area contributed by atoms with Gasteiger partial charge in [-0.05, 0) is 50.5 Å². The van der Waals surface area contributed by atoms with Crippen molar-refractivity contribution in [3.63, 3.8) is 0 Å². The summed E-state index contributed by atoms with van der Waals surface area (Å²) in [6, 6.07) is 6.02. The summed E-state index contributed by atoms with van der Waals surface area (Å²) in [7, 11) is 0. The maximum Gasteiger partial charge on any atom is 0.348 e. The molecule has 25 heavy (non-hydrogen) atoms. The Kier molecular flexibility index (Phi) is 5.55. The molecule has 1 amide bonds. The Bertz CT molecular complexity index is 734. The van der Waals surface area contributed by atoms with Crippen LogP contribution in [0.1, 0.15) is 40.8 Å². The van der Waals surface area contributed by atoms with Gasteiger partial charge in [-0.3, -0.25) is 9.69 Å². The van der Waals surface area contributed by atoms with Crippen LogP contribution in [-0.2, 0) is 16.1 Å². The molecule has 0 atom stereocenters. The first-order valence-electron chi connectivity index (χ1n) is 8.40. The van der Waals surface area contributed by atoms with Crippen LogP contribution < -0.4 is 5.32 Å². The number of carbonyl (C=O) groups is 2. The molecule has 1 aliphatic carbocycles. The number of nitrogens with one attached hydrogen (secondary N) is 1. The average molecular weight is 362 g/mol. The molecule has 6 nitrogen and oxygen atoms in total. The first-order valence-corrected chi connectivity index (χ1v) is 9.22. The van der Waals surface area contributed by atoms with Crippen LogP contribution in [0.4, 0.5) is 5.00 Å². The number of amides is 1. The minimum atomic E-state index is -0.345. The van der Waals surface area contributed by atoms with E-state index in [9.17, 15) is 9.59 Å². The van der Waals surface area contributed by atoms with Crippen molar-refractivity contribution in [2.45, 2.75) is 39.3 Å². The molecule has 3 rings (SSSR count). The average Bonchev–Trinajstić information content (AvgIpc) is 3.17. The van der Waals surface area contributed by atoms with Crippen molar-refractivity contribution in [2.24, 2.45) is 0 Å². The molecule has 1 N–H and O–H groups in total. The van der Waals surface area contributed by atoms with E-state index in [0.29, 0.717) is 35.6 Å². The van der Waals surface area contributed by atoms with Gasteiger partial charge >= 0.3 is 5.97 Å². The van der Waals surface area contributed by atoms with Gasteiger partial charge < -0.3 is 14.5 Å². The molecule has 2 aromatic rings. The largest absolute Gasteiger partial charge is 0.468 e. The predicted octanol–water partition coefficient (Wildman–Crippen LogP) is 3.43. The van der Waals surface area contributed by atoms with Crippen molar-refractivity contribution >= 4 is 28.2 Å². The summed E-state index contributed by atoms with van der Waals surface area (Å²) in [5, 5.41) is 3.56. The molecule has 1 aliphatic rings. The number of thiophene rings is 1. The lowest BCUT2D eigenvalue weighted by molar-refractivity contribution is -0.117. The van der Waals surface area contributed by atoms with Crippen LogP contribution in [0.3, 0.4) is 0 Å². The molecule has 2 aromatic heterocycles. The monoisotopic (exact) mass is 362 g/mol. The normalized spacial score (nSPS) is 13.9. The highest BCUT2D eigenvalue weighted by atomic mass is 32.1. The number of rotatable bonds is 8. The lowest BCUT2D eigenvalue weighted by atomic mass is 10.3. The highest BCUT2D eigenvalue weighted by molar-refractivity contribution is 7.18. The quantitative estimate of drug-likeness (QED) is 0.729. The number of esters is 1. The fourth-order valence-corrected chi connectivity index (χ4v) is 3.64. The first kappa shape index (κ1) is 17.7.